The summed E-state index contributed by atoms with van der Waals surface area (Å²) in [6.45, 7) is 1.85. The zero-order chi connectivity index (χ0) is 16.9. The molecule has 1 aromatic carbocycles. The molecular formula is C16H19ClN6O. The first-order valence-corrected chi connectivity index (χ1v) is 7.96. The molecule has 0 saturated heterocycles. The fourth-order valence-electron chi connectivity index (χ4n) is 2.29. The fourth-order valence-corrected chi connectivity index (χ4v) is 2.41. The average Bonchev–Trinajstić information content (AvgIpc) is 2.96. The van der Waals surface area contributed by atoms with Gasteiger partial charge in [-0.25, -0.2) is 0 Å². The number of nitrogens with zero attached hydrogens (tertiary/aromatic N) is 4. The molecule has 24 heavy (non-hydrogen) atoms. The van der Waals surface area contributed by atoms with Crippen LogP contribution in [0.3, 0.4) is 0 Å². The van der Waals surface area contributed by atoms with Crippen LogP contribution in [0.15, 0.2) is 30.5 Å². The number of hydrogen-bond acceptors (Lipinski definition) is 6. The number of anilines is 2. The SMILES string of the molecule is COCCNc1nc(NCc2ccc(Cl)cc2)c2cnn(C)c2n1. The molecule has 0 unspecified atom stereocenters. The number of ether oxygens (including phenoxy) is 1. The van der Waals surface area contributed by atoms with Crippen molar-refractivity contribution in [2.45, 2.75) is 6.54 Å². The van der Waals surface area contributed by atoms with Crippen molar-refractivity contribution >= 4 is 34.4 Å². The second kappa shape index (κ2) is 7.46. The van der Waals surface area contributed by atoms with Gasteiger partial charge in [-0.3, -0.25) is 4.68 Å². The lowest BCUT2D eigenvalue weighted by Gasteiger charge is -2.10. The second-order valence-electron chi connectivity index (χ2n) is 5.30. The first-order valence-electron chi connectivity index (χ1n) is 7.58. The first-order chi connectivity index (χ1) is 11.7. The van der Waals surface area contributed by atoms with Crippen molar-refractivity contribution in [1.29, 1.82) is 0 Å². The zero-order valence-corrected chi connectivity index (χ0v) is 14.3. The van der Waals surface area contributed by atoms with Crippen molar-refractivity contribution in [2.75, 3.05) is 30.9 Å². The maximum atomic E-state index is 5.92. The number of aromatic nitrogens is 4. The van der Waals surface area contributed by atoms with E-state index >= 15 is 0 Å². The molecule has 0 bridgehead atoms. The molecule has 0 aliphatic carbocycles. The van der Waals surface area contributed by atoms with Crippen LogP contribution >= 0.6 is 11.6 Å². The molecule has 2 heterocycles. The van der Waals surface area contributed by atoms with E-state index in [1.807, 2.05) is 31.3 Å². The van der Waals surface area contributed by atoms with E-state index < -0.39 is 0 Å². The minimum absolute atomic E-state index is 0.543. The van der Waals surface area contributed by atoms with Gasteiger partial charge >= 0.3 is 0 Å². The normalized spacial score (nSPS) is 11.0. The summed E-state index contributed by atoms with van der Waals surface area (Å²) < 4.78 is 6.77. The lowest BCUT2D eigenvalue weighted by molar-refractivity contribution is 0.210. The predicted molar refractivity (Wildman–Crippen MR) is 95.4 cm³/mol. The average molecular weight is 347 g/mol. The largest absolute Gasteiger partial charge is 0.383 e. The predicted octanol–water partition coefficient (Wildman–Crippen LogP) is 2.69. The second-order valence-corrected chi connectivity index (χ2v) is 5.74. The van der Waals surface area contributed by atoms with Gasteiger partial charge < -0.3 is 15.4 Å². The maximum Gasteiger partial charge on any atom is 0.226 e. The Morgan fingerprint density at radius 1 is 1.17 bits per heavy atom. The molecule has 0 saturated carbocycles. The van der Waals surface area contributed by atoms with E-state index in [0.717, 1.165) is 27.4 Å². The monoisotopic (exact) mass is 346 g/mol. The number of benzene rings is 1. The number of hydrogen-bond donors (Lipinski definition) is 2. The van der Waals surface area contributed by atoms with E-state index in [0.29, 0.717) is 25.6 Å². The van der Waals surface area contributed by atoms with Gasteiger partial charge in [-0.2, -0.15) is 15.1 Å². The maximum absolute atomic E-state index is 5.92. The quantitative estimate of drug-likeness (QED) is 0.640. The lowest BCUT2D eigenvalue weighted by Crippen LogP contribution is -2.12. The van der Waals surface area contributed by atoms with E-state index in [-0.39, 0.29) is 0 Å². The molecule has 0 spiro atoms. The molecule has 0 atom stereocenters. The van der Waals surface area contributed by atoms with Crippen LogP contribution < -0.4 is 10.6 Å². The summed E-state index contributed by atoms with van der Waals surface area (Å²) in [4.78, 5) is 9.05. The van der Waals surface area contributed by atoms with Crippen molar-refractivity contribution in [3.8, 4) is 0 Å². The Hall–Kier alpha value is -2.38. The van der Waals surface area contributed by atoms with Crippen LogP contribution in [-0.2, 0) is 18.3 Å². The summed E-state index contributed by atoms with van der Waals surface area (Å²) in [5, 5.41) is 12.4. The van der Waals surface area contributed by atoms with Gasteiger partial charge in [0.2, 0.25) is 5.95 Å². The molecule has 8 heteroatoms. The van der Waals surface area contributed by atoms with Crippen molar-refractivity contribution in [2.24, 2.45) is 7.05 Å². The summed E-state index contributed by atoms with van der Waals surface area (Å²) in [7, 11) is 3.52. The molecule has 2 N–H and O–H groups in total. The highest BCUT2D eigenvalue weighted by Gasteiger charge is 2.11. The van der Waals surface area contributed by atoms with Crippen molar-refractivity contribution < 1.29 is 4.74 Å². The van der Waals surface area contributed by atoms with Gasteiger partial charge in [0, 0.05) is 32.3 Å². The standard InChI is InChI=1S/C16H19ClN6O/c1-23-15-13(10-20-23)14(21-16(22-15)18-7-8-24-2)19-9-11-3-5-12(17)6-4-11/h3-6,10H,7-9H2,1-2H3,(H2,18,19,21,22). The van der Waals surface area contributed by atoms with Gasteiger partial charge in [0.05, 0.1) is 18.2 Å². The lowest BCUT2D eigenvalue weighted by atomic mass is 10.2. The molecular weight excluding hydrogens is 328 g/mol. The molecule has 3 aromatic rings. The third kappa shape index (κ3) is 3.74. The Morgan fingerprint density at radius 3 is 2.71 bits per heavy atom. The van der Waals surface area contributed by atoms with Crippen LogP contribution in [0.4, 0.5) is 11.8 Å². The minimum Gasteiger partial charge on any atom is -0.383 e. The van der Waals surface area contributed by atoms with Crippen LogP contribution in [0, 0.1) is 0 Å². The van der Waals surface area contributed by atoms with Crippen LogP contribution in [0.5, 0.6) is 0 Å². The highest BCUT2D eigenvalue weighted by Crippen LogP contribution is 2.22. The van der Waals surface area contributed by atoms with Crippen LogP contribution in [0.2, 0.25) is 5.02 Å². The molecule has 126 valence electrons. The van der Waals surface area contributed by atoms with Crippen molar-refractivity contribution in [1.82, 2.24) is 19.7 Å². The fraction of sp³-hybridized carbons (Fsp3) is 0.312. The Labute approximate surface area is 145 Å². The molecule has 0 amide bonds. The molecule has 0 fully saturated rings. The Morgan fingerprint density at radius 2 is 1.96 bits per heavy atom. The van der Waals surface area contributed by atoms with E-state index in [2.05, 4.69) is 25.7 Å². The summed E-state index contributed by atoms with van der Waals surface area (Å²) in [5.74, 6) is 1.28. The topological polar surface area (TPSA) is 76.9 Å². The van der Waals surface area contributed by atoms with Gasteiger partial charge in [-0.05, 0) is 17.7 Å². The molecule has 0 radical (unpaired) electrons. The van der Waals surface area contributed by atoms with Gasteiger partial charge in [0.1, 0.15) is 5.82 Å². The van der Waals surface area contributed by atoms with Crippen LogP contribution in [0.25, 0.3) is 11.0 Å². The van der Waals surface area contributed by atoms with Crippen molar-refractivity contribution in [3.05, 3.63) is 41.0 Å². The molecule has 3 rings (SSSR count). The van der Waals surface area contributed by atoms with Crippen LogP contribution in [-0.4, -0.2) is 40.0 Å². The first kappa shape index (κ1) is 16.5. The van der Waals surface area contributed by atoms with Gasteiger partial charge in [0.25, 0.3) is 0 Å². The van der Waals surface area contributed by atoms with E-state index in [1.165, 1.54) is 0 Å². The molecule has 0 aliphatic heterocycles. The Bertz CT molecular complexity index is 817. The minimum atomic E-state index is 0.543. The van der Waals surface area contributed by atoms with E-state index in [4.69, 9.17) is 16.3 Å². The molecule has 2 aromatic heterocycles. The number of nitrogens with one attached hydrogen (secondary N) is 2. The zero-order valence-electron chi connectivity index (χ0n) is 13.6. The van der Waals surface area contributed by atoms with Gasteiger partial charge in [-0.1, -0.05) is 23.7 Å². The smallest absolute Gasteiger partial charge is 0.226 e. The molecule has 7 nitrogen and oxygen atoms in total. The number of methoxy groups -OCH3 is 1. The summed E-state index contributed by atoms with van der Waals surface area (Å²) in [6.07, 6.45) is 1.76. The highest BCUT2D eigenvalue weighted by molar-refractivity contribution is 6.30. The van der Waals surface area contributed by atoms with Gasteiger partial charge in [0.15, 0.2) is 5.65 Å². The Kier molecular flexibility index (Phi) is 5.12. The van der Waals surface area contributed by atoms with E-state index in [9.17, 15) is 0 Å². The van der Waals surface area contributed by atoms with Crippen molar-refractivity contribution in [3.63, 3.8) is 0 Å². The summed E-state index contributed by atoms with van der Waals surface area (Å²) in [5.41, 5.74) is 1.88. The van der Waals surface area contributed by atoms with Gasteiger partial charge in [-0.15, -0.1) is 0 Å². The highest BCUT2D eigenvalue weighted by atomic mass is 35.5. The third-order valence-electron chi connectivity index (χ3n) is 3.55. The van der Waals surface area contributed by atoms with E-state index in [1.54, 1.807) is 18.0 Å². The Balaban J connectivity index is 1.83. The number of fused-ring (bicyclic) bond motifs is 1. The van der Waals surface area contributed by atoms with Crippen LogP contribution in [0.1, 0.15) is 5.56 Å². The third-order valence-corrected chi connectivity index (χ3v) is 3.81. The molecule has 0 aliphatic rings. The summed E-state index contributed by atoms with van der Waals surface area (Å²) >= 11 is 5.92. The summed E-state index contributed by atoms with van der Waals surface area (Å²) in [6, 6.07) is 7.70. The number of rotatable bonds is 7. The number of aryl methyl sites for hydroxylation is 1. The number of halogens is 1.